The largest absolute Gasteiger partial charge is 0.485 e. The number of rotatable bonds is 2. The number of carbonyl (C=O) groups is 1. The molecule has 0 aromatic heterocycles. The van der Waals surface area contributed by atoms with Crippen LogP contribution in [0.5, 0.6) is 5.75 Å². The molecule has 3 heteroatoms. The van der Waals surface area contributed by atoms with Gasteiger partial charge in [-0.15, -0.1) is 0 Å². The first-order valence-corrected chi connectivity index (χ1v) is 5.10. The van der Waals surface area contributed by atoms with Crippen LogP contribution in [0.4, 0.5) is 0 Å². The van der Waals surface area contributed by atoms with Crippen LogP contribution in [0, 0.1) is 0 Å². The molecule has 2 nitrogen and oxygen atoms in total. The highest BCUT2D eigenvalue weighted by molar-refractivity contribution is 6.67. The summed E-state index contributed by atoms with van der Waals surface area (Å²) in [5.74, 6) is 0.824. The van der Waals surface area contributed by atoms with Crippen molar-refractivity contribution in [3.05, 3.63) is 41.5 Å². The highest BCUT2D eigenvalue weighted by Gasteiger charge is 2.23. The van der Waals surface area contributed by atoms with Gasteiger partial charge < -0.3 is 4.74 Å². The summed E-state index contributed by atoms with van der Waals surface area (Å²) < 4.78 is 5.65. The Morgan fingerprint density at radius 2 is 2.33 bits per heavy atom. The number of halogens is 1. The van der Waals surface area contributed by atoms with Crippen molar-refractivity contribution in [3.8, 4) is 5.75 Å². The Morgan fingerprint density at radius 1 is 1.60 bits per heavy atom. The average molecular weight is 223 g/mol. The van der Waals surface area contributed by atoms with Crippen LogP contribution < -0.4 is 4.74 Å². The molecule has 15 heavy (non-hydrogen) atoms. The molecule has 1 atom stereocenters. The molecule has 0 N–H and O–H groups in total. The summed E-state index contributed by atoms with van der Waals surface area (Å²) in [4.78, 5) is 11.0. The van der Waals surface area contributed by atoms with Gasteiger partial charge in [0.1, 0.15) is 11.9 Å². The van der Waals surface area contributed by atoms with E-state index in [1.54, 1.807) is 18.2 Å². The Kier molecular flexibility index (Phi) is 2.53. The Labute approximate surface area is 93.5 Å². The number of fused-ring (bicyclic) bond motifs is 1. The van der Waals surface area contributed by atoms with Crippen molar-refractivity contribution in [1.29, 1.82) is 0 Å². The first kappa shape index (κ1) is 10.2. The fourth-order valence-corrected chi connectivity index (χ4v) is 1.76. The lowest BCUT2D eigenvalue weighted by Gasteiger charge is -2.08. The lowest BCUT2D eigenvalue weighted by atomic mass is 10.0. The molecule has 0 spiro atoms. The van der Waals surface area contributed by atoms with Crippen molar-refractivity contribution >= 4 is 16.8 Å². The van der Waals surface area contributed by atoms with Crippen molar-refractivity contribution in [2.24, 2.45) is 0 Å². The van der Waals surface area contributed by atoms with E-state index in [-0.39, 0.29) is 6.10 Å². The fraction of sp³-hybridized carbons (Fsp3) is 0.250. The number of hydrogen-bond donors (Lipinski definition) is 0. The summed E-state index contributed by atoms with van der Waals surface area (Å²) in [6, 6.07) is 5.25. The van der Waals surface area contributed by atoms with E-state index in [4.69, 9.17) is 16.3 Å². The van der Waals surface area contributed by atoms with Crippen LogP contribution in [-0.4, -0.2) is 11.3 Å². The third kappa shape index (κ3) is 1.90. The Balaban J connectivity index is 2.31. The third-order valence-electron chi connectivity index (χ3n) is 2.51. The molecule has 0 fully saturated rings. The Hall–Kier alpha value is -1.28. The van der Waals surface area contributed by atoms with Gasteiger partial charge in [-0.25, -0.2) is 0 Å². The lowest BCUT2D eigenvalue weighted by molar-refractivity contribution is 0.108. The van der Waals surface area contributed by atoms with Gasteiger partial charge in [0.05, 0.1) is 0 Å². The van der Waals surface area contributed by atoms with Crippen LogP contribution in [0.25, 0.3) is 0 Å². The van der Waals surface area contributed by atoms with Crippen LogP contribution in [0.1, 0.15) is 22.8 Å². The van der Waals surface area contributed by atoms with Crippen LogP contribution >= 0.6 is 11.6 Å². The molecule has 0 saturated heterocycles. The molecule has 0 bridgehead atoms. The second kappa shape index (κ2) is 3.70. The van der Waals surface area contributed by atoms with Gasteiger partial charge in [-0.3, -0.25) is 4.79 Å². The van der Waals surface area contributed by atoms with Crippen LogP contribution in [0.2, 0.25) is 0 Å². The number of hydrogen-bond acceptors (Lipinski definition) is 2. The summed E-state index contributed by atoms with van der Waals surface area (Å²) in [5.41, 5.74) is 2.53. The maximum absolute atomic E-state index is 11.0. The van der Waals surface area contributed by atoms with E-state index in [2.05, 4.69) is 6.58 Å². The summed E-state index contributed by atoms with van der Waals surface area (Å²) in [6.45, 7) is 5.79. The zero-order valence-electron chi connectivity index (χ0n) is 8.42. The predicted molar refractivity (Wildman–Crippen MR) is 59.6 cm³/mol. The van der Waals surface area contributed by atoms with Crippen molar-refractivity contribution in [1.82, 2.24) is 0 Å². The molecule has 0 radical (unpaired) electrons. The van der Waals surface area contributed by atoms with Crippen molar-refractivity contribution in [3.63, 3.8) is 0 Å². The average Bonchev–Trinajstić information content (AvgIpc) is 2.59. The molecule has 1 aromatic carbocycles. The van der Waals surface area contributed by atoms with E-state index in [0.29, 0.717) is 5.56 Å². The van der Waals surface area contributed by atoms with E-state index in [0.717, 1.165) is 23.3 Å². The number of carbonyl (C=O) groups excluding carboxylic acids is 1. The Morgan fingerprint density at radius 3 is 2.93 bits per heavy atom. The topological polar surface area (TPSA) is 26.3 Å². The molecule has 2 rings (SSSR count). The van der Waals surface area contributed by atoms with Gasteiger partial charge in [0.15, 0.2) is 0 Å². The van der Waals surface area contributed by atoms with Crippen LogP contribution in [-0.2, 0) is 6.42 Å². The molecule has 1 heterocycles. The minimum absolute atomic E-state index is 0.0284. The Bertz CT molecular complexity index is 437. The zero-order valence-corrected chi connectivity index (χ0v) is 9.17. The van der Waals surface area contributed by atoms with E-state index >= 15 is 0 Å². The van der Waals surface area contributed by atoms with Crippen LogP contribution in [0.15, 0.2) is 30.4 Å². The molecule has 0 aliphatic carbocycles. The molecule has 1 aliphatic heterocycles. The molecular formula is C12H11ClO2. The van der Waals surface area contributed by atoms with E-state index in [1.807, 2.05) is 6.92 Å². The lowest BCUT2D eigenvalue weighted by Crippen LogP contribution is -2.13. The second-order valence-corrected chi connectivity index (χ2v) is 4.10. The molecule has 1 aliphatic rings. The third-order valence-corrected chi connectivity index (χ3v) is 2.73. The minimum atomic E-state index is -0.434. The predicted octanol–water partition coefficient (Wildman–Crippen LogP) is 2.95. The van der Waals surface area contributed by atoms with Crippen molar-refractivity contribution < 1.29 is 9.53 Å². The van der Waals surface area contributed by atoms with Gasteiger partial charge in [0, 0.05) is 12.0 Å². The maximum Gasteiger partial charge on any atom is 0.252 e. The monoisotopic (exact) mass is 222 g/mol. The highest BCUT2D eigenvalue weighted by atomic mass is 35.5. The standard InChI is InChI=1S/C12H11ClO2/c1-7(2)11-6-9-5-8(12(13)14)3-4-10(9)15-11/h3-5,11H,1,6H2,2H3. The van der Waals surface area contributed by atoms with Crippen LogP contribution in [0.3, 0.4) is 0 Å². The van der Waals surface area contributed by atoms with E-state index in [1.165, 1.54) is 0 Å². The van der Waals surface area contributed by atoms with Gasteiger partial charge in [-0.2, -0.15) is 0 Å². The van der Waals surface area contributed by atoms with E-state index < -0.39 is 5.24 Å². The second-order valence-electron chi connectivity index (χ2n) is 3.75. The van der Waals surface area contributed by atoms with Crippen molar-refractivity contribution in [2.45, 2.75) is 19.4 Å². The highest BCUT2D eigenvalue weighted by Crippen LogP contribution is 2.32. The SMILES string of the molecule is C=C(C)C1Cc2cc(C(=O)Cl)ccc2O1. The fourth-order valence-electron chi connectivity index (χ4n) is 1.65. The molecule has 1 unspecified atom stereocenters. The zero-order chi connectivity index (χ0) is 11.0. The molecular weight excluding hydrogens is 212 g/mol. The molecule has 1 aromatic rings. The van der Waals surface area contributed by atoms with Gasteiger partial charge >= 0.3 is 0 Å². The van der Waals surface area contributed by atoms with Crippen molar-refractivity contribution in [2.75, 3.05) is 0 Å². The first-order valence-electron chi connectivity index (χ1n) is 4.72. The van der Waals surface area contributed by atoms with E-state index in [9.17, 15) is 4.79 Å². The summed E-state index contributed by atoms with van der Waals surface area (Å²) >= 11 is 5.41. The first-order chi connectivity index (χ1) is 7.08. The maximum atomic E-state index is 11.0. The van der Waals surface area contributed by atoms with Gasteiger partial charge in [-0.05, 0) is 47.9 Å². The quantitative estimate of drug-likeness (QED) is 0.568. The van der Waals surface area contributed by atoms with Gasteiger partial charge in [0.2, 0.25) is 0 Å². The minimum Gasteiger partial charge on any atom is -0.485 e. The summed E-state index contributed by atoms with van der Waals surface area (Å²) in [5, 5.41) is -0.434. The smallest absolute Gasteiger partial charge is 0.252 e. The molecule has 0 amide bonds. The van der Waals surface area contributed by atoms with Gasteiger partial charge in [-0.1, -0.05) is 6.58 Å². The summed E-state index contributed by atoms with van der Waals surface area (Å²) in [7, 11) is 0. The normalized spacial score (nSPS) is 18.1. The number of ether oxygens (including phenoxy) is 1. The molecule has 0 saturated carbocycles. The molecule has 78 valence electrons. The number of benzene rings is 1. The van der Waals surface area contributed by atoms with Gasteiger partial charge in [0.25, 0.3) is 5.24 Å². The summed E-state index contributed by atoms with van der Waals surface area (Å²) in [6.07, 6.45) is 0.795.